The summed E-state index contributed by atoms with van der Waals surface area (Å²) in [6, 6.07) is 9.70. The van der Waals surface area contributed by atoms with Crippen molar-refractivity contribution in [2.24, 2.45) is 5.92 Å². The van der Waals surface area contributed by atoms with E-state index in [0.717, 1.165) is 24.8 Å². The van der Waals surface area contributed by atoms with Gasteiger partial charge in [0.1, 0.15) is 0 Å². The summed E-state index contributed by atoms with van der Waals surface area (Å²) >= 11 is 0. The molecular formula is C19H32N2O3S. The maximum Gasteiger partial charge on any atom is 0.282 e. The third-order valence-corrected chi connectivity index (χ3v) is 6.62. The van der Waals surface area contributed by atoms with Gasteiger partial charge in [0.2, 0.25) is 0 Å². The second-order valence-corrected chi connectivity index (χ2v) is 9.28. The minimum atomic E-state index is -3.50. The van der Waals surface area contributed by atoms with Gasteiger partial charge in [0.15, 0.2) is 0 Å². The normalized spacial score (nSPS) is 22.6. The monoisotopic (exact) mass is 368 g/mol. The average Bonchev–Trinajstić information content (AvgIpc) is 2.60. The molecule has 142 valence electrons. The van der Waals surface area contributed by atoms with Crippen LogP contribution in [0.1, 0.15) is 45.6 Å². The molecule has 1 aromatic carbocycles. The number of nitrogens with zero attached hydrogens (tertiary/aromatic N) is 2. The van der Waals surface area contributed by atoms with Crippen LogP contribution in [-0.4, -0.2) is 49.4 Å². The zero-order valence-corrected chi connectivity index (χ0v) is 16.7. The highest BCUT2D eigenvalue weighted by Crippen LogP contribution is 2.24. The number of unbranched alkanes of at least 4 members (excludes halogenated alkanes) is 1. The predicted molar refractivity (Wildman–Crippen MR) is 101 cm³/mol. The van der Waals surface area contributed by atoms with E-state index in [2.05, 4.69) is 20.8 Å². The van der Waals surface area contributed by atoms with Crippen LogP contribution < -0.4 is 0 Å². The summed E-state index contributed by atoms with van der Waals surface area (Å²) in [4.78, 5) is 0. The lowest BCUT2D eigenvalue weighted by atomic mass is 10.0. The first-order valence-electron chi connectivity index (χ1n) is 9.25. The van der Waals surface area contributed by atoms with Gasteiger partial charge in [-0.15, -0.1) is 0 Å². The molecule has 1 fully saturated rings. The van der Waals surface area contributed by atoms with Crippen LogP contribution in [0.15, 0.2) is 30.3 Å². The molecule has 2 atom stereocenters. The van der Waals surface area contributed by atoms with Crippen LogP contribution in [0.25, 0.3) is 0 Å². The van der Waals surface area contributed by atoms with Gasteiger partial charge in [-0.2, -0.15) is 17.0 Å². The van der Waals surface area contributed by atoms with Gasteiger partial charge in [0.05, 0.1) is 12.2 Å². The molecule has 0 radical (unpaired) electrons. The van der Waals surface area contributed by atoms with Crippen molar-refractivity contribution in [3.8, 4) is 0 Å². The van der Waals surface area contributed by atoms with E-state index in [9.17, 15) is 8.42 Å². The molecule has 1 aliphatic rings. The van der Waals surface area contributed by atoms with Gasteiger partial charge in [0.25, 0.3) is 10.2 Å². The van der Waals surface area contributed by atoms with E-state index in [1.165, 1.54) is 4.31 Å². The number of hydrogen-bond donors (Lipinski definition) is 0. The molecule has 0 amide bonds. The van der Waals surface area contributed by atoms with E-state index in [1.807, 2.05) is 30.3 Å². The highest BCUT2D eigenvalue weighted by Gasteiger charge is 2.37. The molecule has 0 bridgehead atoms. The van der Waals surface area contributed by atoms with E-state index < -0.39 is 10.2 Å². The van der Waals surface area contributed by atoms with Gasteiger partial charge < -0.3 is 4.74 Å². The van der Waals surface area contributed by atoms with Crippen molar-refractivity contribution in [2.75, 3.05) is 20.1 Å². The molecule has 0 aromatic heterocycles. The van der Waals surface area contributed by atoms with Crippen LogP contribution >= 0.6 is 0 Å². The Labute approximate surface area is 153 Å². The molecule has 0 saturated carbocycles. The van der Waals surface area contributed by atoms with Crippen molar-refractivity contribution in [1.82, 2.24) is 8.61 Å². The van der Waals surface area contributed by atoms with Gasteiger partial charge in [0, 0.05) is 26.7 Å². The number of rotatable bonds is 8. The SMILES string of the molecule is CCCC[C@@H]1CN(S(=O)(=O)N(C)Cc2ccccc2)C[C@H](C(C)C)O1. The molecule has 0 spiro atoms. The first-order valence-corrected chi connectivity index (χ1v) is 10.6. The molecule has 6 heteroatoms. The molecule has 0 unspecified atom stereocenters. The Morgan fingerprint density at radius 2 is 1.92 bits per heavy atom. The topological polar surface area (TPSA) is 49.9 Å². The lowest BCUT2D eigenvalue weighted by Gasteiger charge is -2.40. The fourth-order valence-electron chi connectivity index (χ4n) is 3.10. The van der Waals surface area contributed by atoms with Crippen molar-refractivity contribution in [2.45, 2.75) is 58.8 Å². The van der Waals surface area contributed by atoms with Crippen LogP contribution in [0.3, 0.4) is 0 Å². The number of ether oxygens (including phenoxy) is 1. The Bertz CT molecular complexity index is 619. The lowest BCUT2D eigenvalue weighted by Crippen LogP contribution is -2.54. The Kier molecular flexibility index (Phi) is 7.43. The zero-order valence-electron chi connectivity index (χ0n) is 15.9. The fraction of sp³-hybridized carbons (Fsp3) is 0.684. The molecule has 5 nitrogen and oxygen atoms in total. The van der Waals surface area contributed by atoms with Crippen molar-refractivity contribution >= 4 is 10.2 Å². The third-order valence-electron chi connectivity index (χ3n) is 4.75. The minimum absolute atomic E-state index is 0.0130. The highest BCUT2D eigenvalue weighted by molar-refractivity contribution is 7.86. The summed E-state index contributed by atoms with van der Waals surface area (Å²) in [7, 11) is -1.84. The Morgan fingerprint density at radius 3 is 2.52 bits per heavy atom. The third kappa shape index (κ3) is 5.51. The molecule has 0 aliphatic carbocycles. The second-order valence-electron chi connectivity index (χ2n) is 7.25. The van der Waals surface area contributed by atoms with Crippen LogP contribution in [0.5, 0.6) is 0 Å². The first-order chi connectivity index (χ1) is 11.8. The molecule has 0 N–H and O–H groups in total. The molecule has 25 heavy (non-hydrogen) atoms. The van der Waals surface area contributed by atoms with Crippen LogP contribution in [0.2, 0.25) is 0 Å². The quantitative estimate of drug-likeness (QED) is 0.707. The lowest BCUT2D eigenvalue weighted by molar-refractivity contribution is -0.0867. The average molecular weight is 369 g/mol. The first kappa shape index (κ1) is 20.4. The molecule has 2 rings (SSSR count). The maximum absolute atomic E-state index is 13.1. The van der Waals surface area contributed by atoms with Crippen molar-refractivity contribution in [3.05, 3.63) is 35.9 Å². The van der Waals surface area contributed by atoms with E-state index in [1.54, 1.807) is 11.4 Å². The largest absolute Gasteiger partial charge is 0.372 e. The molecular weight excluding hydrogens is 336 g/mol. The summed E-state index contributed by atoms with van der Waals surface area (Å²) in [5, 5.41) is 0. The van der Waals surface area contributed by atoms with Gasteiger partial charge >= 0.3 is 0 Å². The summed E-state index contributed by atoms with van der Waals surface area (Å²) in [5.41, 5.74) is 0.991. The maximum atomic E-state index is 13.1. The molecule has 1 heterocycles. The summed E-state index contributed by atoms with van der Waals surface area (Å²) < 4.78 is 35.4. The molecule has 1 saturated heterocycles. The number of benzene rings is 1. The van der Waals surface area contributed by atoms with Gasteiger partial charge in [-0.25, -0.2) is 0 Å². The zero-order chi connectivity index (χ0) is 18.4. The fourth-order valence-corrected chi connectivity index (χ4v) is 4.50. The van der Waals surface area contributed by atoms with E-state index >= 15 is 0 Å². The van der Waals surface area contributed by atoms with Gasteiger partial charge in [-0.05, 0) is 17.9 Å². The minimum Gasteiger partial charge on any atom is -0.372 e. The van der Waals surface area contributed by atoms with Gasteiger partial charge in [-0.3, -0.25) is 0 Å². The summed E-state index contributed by atoms with van der Waals surface area (Å²) in [5.74, 6) is 0.293. The molecule has 1 aliphatic heterocycles. The summed E-state index contributed by atoms with van der Waals surface area (Å²) in [6.07, 6.45) is 3.00. The summed E-state index contributed by atoms with van der Waals surface area (Å²) in [6.45, 7) is 7.58. The van der Waals surface area contributed by atoms with Crippen molar-refractivity contribution in [3.63, 3.8) is 0 Å². The van der Waals surface area contributed by atoms with Crippen LogP contribution in [0.4, 0.5) is 0 Å². The second kappa shape index (κ2) is 9.12. The van der Waals surface area contributed by atoms with Crippen molar-refractivity contribution in [1.29, 1.82) is 0 Å². The Balaban J connectivity index is 2.11. The van der Waals surface area contributed by atoms with Gasteiger partial charge in [-0.1, -0.05) is 63.9 Å². The van der Waals surface area contributed by atoms with Crippen molar-refractivity contribution < 1.29 is 13.2 Å². The Morgan fingerprint density at radius 1 is 1.24 bits per heavy atom. The van der Waals surface area contributed by atoms with E-state index in [0.29, 0.717) is 25.6 Å². The predicted octanol–water partition coefficient (Wildman–Crippen LogP) is 3.28. The molecule has 1 aromatic rings. The standard InChI is InChI=1S/C19H32N2O3S/c1-5-6-12-18-14-21(15-19(24-18)16(2)3)25(22,23)20(4)13-17-10-8-7-9-11-17/h7-11,16,18-19H,5-6,12-15H2,1-4H3/t18-,19-/m1/s1. The van der Waals surface area contributed by atoms with E-state index in [4.69, 9.17) is 4.74 Å². The van der Waals surface area contributed by atoms with Crippen LogP contribution in [-0.2, 0) is 21.5 Å². The smallest absolute Gasteiger partial charge is 0.282 e. The van der Waals surface area contributed by atoms with E-state index in [-0.39, 0.29) is 12.2 Å². The number of hydrogen-bond acceptors (Lipinski definition) is 3. The Hall–Kier alpha value is -0.950. The number of morpholine rings is 1. The van der Waals surface area contributed by atoms with Crippen LogP contribution in [0, 0.1) is 5.92 Å². The highest BCUT2D eigenvalue weighted by atomic mass is 32.2.